The summed E-state index contributed by atoms with van der Waals surface area (Å²) in [6.07, 6.45) is 1.70. The first kappa shape index (κ1) is 14.0. The molecule has 5 nitrogen and oxygen atoms in total. The number of aromatic nitrogens is 2. The maximum Gasteiger partial charge on any atom is 0.231 e. The Kier molecular flexibility index (Phi) is 3.22. The highest BCUT2D eigenvalue weighted by molar-refractivity contribution is 5.80. The highest BCUT2D eigenvalue weighted by Gasteiger charge is 2.13. The molecular weight excluding hydrogens is 300 g/mol. The van der Waals surface area contributed by atoms with Crippen molar-refractivity contribution in [2.24, 2.45) is 0 Å². The van der Waals surface area contributed by atoms with Gasteiger partial charge in [0.05, 0.1) is 17.2 Å². The minimum atomic E-state index is 0.360. The Labute approximate surface area is 138 Å². The molecule has 0 aliphatic heterocycles. The zero-order valence-corrected chi connectivity index (χ0v) is 12.6. The maximum absolute atomic E-state index is 8.90. The molecule has 0 saturated carbocycles. The lowest BCUT2D eigenvalue weighted by Crippen LogP contribution is -1.95. The Bertz CT molecular complexity index is 1040. The fourth-order valence-electron chi connectivity index (χ4n) is 2.53. The van der Waals surface area contributed by atoms with Crippen LogP contribution < -0.4 is 5.73 Å². The fourth-order valence-corrected chi connectivity index (χ4v) is 2.53. The summed E-state index contributed by atoms with van der Waals surface area (Å²) in [6.45, 7) is 0. The predicted molar refractivity (Wildman–Crippen MR) is 91.8 cm³/mol. The monoisotopic (exact) mass is 312 g/mol. The van der Waals surface area contributed by atoms with Gasteiger partial charge in [-0.3, -0.25) is 0 Å². The molecule has 0 atom stereocenters. The number of nitrogen functional groups attached to an aromatic ring is 1. The van der Waals surface area contributed by atoms with Crippen LogP contribution in [0, 0.1) is 11.3 Å². The summed E-state index contributed by atoms with van der Waals surface area (Å²) < 4.78 is 5.79. The Morgan fingerprint density at radius 1 is 1.00 bits per heavy atom. The Morgan fingerprint density at radius 2 is 1.79 bits per heavy atom. The average Bonchev–Trinajstić information content (AvgIpc) is 3.06. The molecule has 24 heavy (non-hydrogen) atoms. The third-order valence-corrected chi connectivity index (χ3v) is 3.79. The first-order valence-electron chi connectivity index (χ1n) is 7.36. The summed E-state index contributed by atoms with van der Waals surface area (Å²) in [7, 11) is 0. The molecule has 114 valence electrons. The van der Waals surface area contributed by atoms with E-state index in [2.05, 4.69) is 16.0 Å². The lowest BCUT2D eigenvalue weighted by molar-refractivity contribution is 0.620. The molecule has 0 fully saturated rings. The van der Waals surface area contributed by atoms with E-state index in [0.717, 1.165) is 16.6 Å². The molecule has 0 radical (unpaired) electrons. The van der Waals surface area contributed by atoms with Gasteiger partial charge in [0.15, 0.2) is 5.58 Å². The predicted octanol–water partition coefficient (Wildman–Crippen LogP) is 4.01. The topological polar surface area (TPSA) is 88.7 Å². The van der Waals surface area contributed by atoms with E-state index in [1.165, 1.54) is 0 Å². The largest absolute Gasteiger partial charge is 0.436 e. The smallest absolute Gasteiger partial charge is 0.231 e. The van der Waals surface area contributed by atoms with Crippen LogP contribution in [0.5, 0.6) is 0 Å². The molecule has 0 amide bonds. The number of benzene rings is 2. The summed E-state index contributed by atoms with van der Waals surface area (Å²) in [5.41, 5.74) is 10.6. The summed E-state index contributed by atoms with van der Waals surface area (Å²) in [4.78, 5) is 8.73. The molecule has 2 heterocycles. The molecule has 0 saturated heterocycles. The Hall–Kier alpha value is -3.65. The first-order valence-corrected chi connectivity index (χ1v) is 7.36. The van der Waals surface area contributed by atoms with Crippen molar-refractivity contribution in [2.75, 3.05) is 5.73 Å². The zero-order valence-electron chi connectivity index (χ0n) is 12.6. The van der Waals surface area contributed by atoms with E-state index in [1.807, 2.05) is 42.5 Å². The molecular formula is C19H12N4O. The van der Waals surface area contributed by atoms with Crippen LogP contribution in [0.2, 0.25) is 0 Å². The van der Waals surface area contributed by atoms with E-state index < -0.39 is 0 Å². The number of nitriles is 1. The van der Waals surface area contributed by atoms with Crippen LogP contribution >= 0.6 is 0 Å². The molecule has 0 aliphatic carbocycles. The van der Waals surface area contributed by atoms with Gasteiger partial charge in [0.1, 0.15) is 11.3 Å². The van der Waals surface area contributed by atoms with E-state index >= 15 is 0 Å². The van der Waals surface area contributed by atoms with Crippen LogP contribution in [-0.4, -0.2) is 9.97 Å². The highest BCUT2D eigenvalue weighted by atomic mass is 16.3. The minimum absolute atomic E-state index is 0.360. The molecule has 2 aromatic heterocycles. The van der Waals surface area contributed by atoms with Crippen molar-refractivity contribution in [1.82, 2.24) is 9.97 Å². The van der Waals surface area contributed by atoms with Crippen molar-refractivity contribution in [1.29, 1.82) is 5.26 Å². The number of hydrogen-bond donors (Lipinski definition) is 1. The van der Waals surface area contributed by atoms with Crippen molar-refractivity contribution in [3.05, 3.63) is 66.4 Å². The highest BCUT2D eigenvalue weighted by Crippen LogP contribution is 2.31. The van der Waals surface area contributed by atoms with Gasteiger partial charge in [-0.2, -0.15) is 5.26 Å². The third-order valence-electron chi connectivity index (χ3n) is 3.79. The quantitative estimate of drug-likeness (QED) is 0.604. The number of pyridine rings is 1. The lowest BCUT2D eigenvalue weighted by atomic mass is 10.0. The van der Waals surface area contributed by atoms with Crippen molar-refractivity contribution in [3.63, 3.8) is 0 Å². The van der Waals surface area contributed by atoms with Crippen molar-refractivity contribution in [3.8, 4) is 28.7 Å². The first-order chi connectivity index (χ1) is 11.7. The van der Waals surface area contributed by atoms with Gasteiger partial charge in [-0.1, -0.05) is 24.3 Å². The number of hydrogen-bond acceptors (Lipinski definition) is 5. The van der Waals surface area contributed by atoms with Crippen molar-refractivity contribution in [2.45, 2.75) is 0 Å². The van der Waals surface area contributed by atoms with E-state index in [1.54, 1.807) is 18.3 Å². The van der Waals surface area contributed by atoms with Crippen LogP contribution in [-0.2, 0) is 0 Å². The number of nitrogens with two attached hydrogens (primary N) is 1. The summed E-state index contributed by atoms with van der Waals surface area (Å²) >= 11 is 0. The van der Waals surface area contributed by atoms with E-state index in [4.69, 9.17) is 15.4 Å². The molecule has 4 rings (SSSR count). The van der Waals surface area contributed by atoms with E-state index in [9.17, 15) is 0 Å². The van der Waals surface area contributed by atoms with Gasteiger partial charge in [-0.05, 0) is 35.9 Å². The lowest BCUT2D eigenvalue weighted by Gasteiger charge is -2.05. The number of anilines is 1. The third kappa shape index (κ3) is 2.36. The van der Waals surface area contributed by atoms with Gasteiger partial charge in [0, 0.05) is 11.8 Å². The summed E-state index contributed by atoms with van der Waals surface area (Å²) in [6, 6.07) is 18.8. The zero-order chi connectivity index (χ0) is 16.5. The molecule has 0 bridgehead atoms. The van der Waals surface area contributed by atoms with Gasteiger partial charge in [0.25, 0.3) is 0 Å². The van der Waals surface area contributed by atoms with E-state index in [0.29, 0.717) is 28.4 Å². The van der Waals surface area contributed by atoms with Gasteiger partial charge in [0.2, 0.25) is 5.89 Å². The average molecular weight is 312 g/mol. The molecule has 0 aliphatic rings. The molecule has 5 heteroatoms. The van der Waals surface area contributed by atoms with Crippen molar-refractivity contribution >= 4 is 16.9 Å². The minimum Gasteiger partial charge on any atom is -0.436 e. The number of nitrogens with zero attached hydrogens (tertiary/aromatic N) is 3. The van der Waals surface area contributed by atoms with Crippen molar-refractivity contribution < 1.29 is 4.42 Å². The van der Waals surface area contributed by atoms with Crippen LogP contribution in [0.3, 0.4) is 0 Å². The Balaban J connectivity index is 1.82. The second-order valence-electron chi connectivity index (χ2n) is 5.33. The SMILES string of the molecule is N#Cc1ccc(-c2cnc(N)c(-c3nc4ccccc4o3)c2)cc1. The Morgan fingerprint density at radius 3 is 2.54 bits per heavy atom. The standard InChI is InChI=1S/C19H12N4O/c20-10-12-5-7-13(8-6-12)14-9-15(18(21)22-11-14)19-23-16-3-1-2-4-17(16)24-19/h1-9,11H,(H2,21,22). The number of oxazole rings is 1. The number of fused-ring (bicyclic) bond motifs is 1. The van der Waals surface area contributed by atoms with Crippen LogP contribution in [0.4, 0.5) is 5.82 Å². The summed E-state index contributed by atoms with van der Waals surface area (Å²) in [5, 5.41) is 8.90. The second kappa shape index (κ2) is 5.52. The van der Waals surface area contributed by atoms with E-state index in [-0.39, 0.29) is 0 Å². The molecule has 0 unspecified atom stereocenters. The van der Waals surface area contributed by atoms with Gasteiger partial charge >= 0.3 is 0 Å². The maximum atomic E-state index is 8.90. The van der Waals surface area contributed by atoms with Gasteiger partial charge < -0.3 is 10.2 Å². The number of para-hydroxylation sites is 2. The molecule has 4 aromatic rings. The summed E-state index contributed by atoms with van der Waals surface area (Å²) in [5.74, 6) is 0.802. The molecule has 2 N–H and O–H groups in total. The van der Waals surface area contributed by atoms with Crippen LogP contribution in [0.1, 0.15) is 5.56 Å². The molecule has 0 spiro atoms. The normalized spacial score (nSPS) is 10.6. The molecule has 2 aromatic carbocycles. The van der Waals surface area contributed by atoms with Crippen LogP contribution in [0.25, 0.3) is 33.7 Å². The van der Waals surface area contributed by atoms with Gasteiger partial charge in [-0.25, -0.2) is 9.97 Å². The number of rotatable bonds is 2. The fraction of sp³-hybridized carbons (Fsp3) is 0. The van der Waals surface area contributed by atoms with Gasteiger partial charge in [-0.15, -0.1) is 0 Å². The second-order valence-corrected chi connectivity index (χ2v) is 5.33. The van der Waals surface area contributed by atoms with Crippen LogP contribution in [0.15, 0.2) is 65.2 Å².